The molecule has 1 aromatic heterocycles. The van der Waals surface area contributed by atoms with Gasteiger partial charge in [-0.3, -0.25) is 0 Å². The van der Waals surface area contributed by atoms with E-state index in [1.54, 1.807) is 31.5 Å². The highest BCUT2D eigenvalue weighted by atomic mass is 32.2. The third kappa shape index (κ3) is 5.34. The number of ether oxygens (including phenoxy) is 2. The zero-order valence-corrected chi connectivity index (χ0v) is 18.5. The van der Waals surface area contributed by atoms with Crippen molar-refractivity contribution in [2.24, 2.45) is 0 Å². The number of anilines is 2. The standard InChI is InChI=1S/C22H28N4O4S/c1-29-19-6-8-20(9-7-19)31(27,28)15-10-17-16-23-22(26-11-13-30-14-12-26)25-21(17)24-18-4-2-3-5-18/h6-10,15-16,18H,2-5,11-14H2,1H3,(H,23,24,25)/b15-10+. The number of morpholine rings is 1. The van der Waals surface area contributed by atoms with Crippen molar-refractivity contribution < 1.29 is 17.9 Å². The van der Waals surface area contributed by atoms with Crippen LogP contribution in [0.25, 0.3) is 6.08 Å². The summed E-state index contributed by atoms with van der Waals surface area (Å²) >= 11 is 0. The largest absolute Gasteiger partial charge is 0.497 e. The molecule has 1 aromatic carbocycles. The maximum absolute atomic E-state index is 12.8. The summed E-state index contributed by atoms with van der Waals surface area (Å²) in [6.07, 6.45) is 7.82. The molecule has 0 bridgehead atoms. The first-order valence-corrected chi connectivity index (χ1v) is 12.1. The summed E-state index contributed by atoms with van der Waals surface area (Å²) in [6, 6.07) is 6.68. The van der Waals surface area contributed by atoms with Crippen molar-refractivity contribution in [3.05, 3.63) is 41.4 Å². The lowest BCUT2D eigenvalue weighted by Crippen LogP contribution is -2.37. The summed E-state index contributed by atoms with van der Waals surface area (Å²) in [5, 5.41) is 4.72. The average Bonchev–Trinajstić information content (AvgIpc) is 3.32. The van der Waals surface area contributed by atoms with Crippen LogP contribution in [-0.4, -0.2) is 57.8 Å². The first-order chi connectivity index (χ1) is 15.0. The molecule has 0 atom stereocenters. The molecule has 1 N–H and O–H groups in total. The lowest BCUT2D eigenvalue weighted by Gasteiger charge is -2.27. The van der Waals surface area contributed by atoms with E-state index in [9.17, 15) is 8.42 Å². The third-order valence-electron chi connectivity index (χ3n) is 5.61. The van der Waals surface area contributed by atoms with Gasteiger partial charge in [-0.1, -0.05) is 12.8 Å². The van der Waals surface area contributed by atoms with Crippen LogP contribution >= 0.6 is 0 Å². The van der Waals surface area contributed by atoms with E-state index in [-0.39, 0.29) is 4.90 Å². The lowest BCUT2D eigenvalue weighted by atomic mass is 10.2. The van der Waals surface area contributed by atoms with Gasteiger partial charge in [0.15, 0.2) is 9.84 Å². The molecule has 166 valence electrons. The average molecular weight is 445 g/mol. The molecule has 1 saturated heterocycles. The van der Waals surface area contributed by atoms with Gasteiger partial charge in [-0.15, -0.1) is 0 Å². The number of rotatable bonds is 7. The molecule has 2 fully saturated rings. The van der Waals surface area contributed by atoms with E-state index in [0.717, 1.165) is 25.9 Å². The highest BCUT2D eigenvalue weighted by Gasteiger charge is 2.20. The fourth-order valence-corrected chi connectivity index (χ4v) is 4.80. The molecule has 2 aliphatic rings. The number of sulfone groups is 1. The van der Waals surface area contributed by atoms with Crippen molar-refractivity contribution in [1.82, 2.24) is 9.97 Å². The summed E-state index contributed by atoms with van der Waals surface area (Å²) in [4.78, 5) is 11.5. The minimum Gasteiger partial charge on any atom is -0.497 e. The van der Waals surface area contributed by atoms with Crippen LogP contribution in [0.4, 0.5) is 11.8 Å². The van der Waals surface area contributed by atoms with E-state index in [4.69, 9.17) is 14.5 Å². The van der Waals surface area contributed by atoms with Gasteiger partial charge in [0.1, 0.15) is 11.6 Å². The summed E-state index contributed by atoms with van der Waals surface area (Å²) in [6.45, 7) is 2.78. The van der Waals surface area contributed by atoms with Gasteiger partial charge in [-0.05, 0) is 43.2 Å². The second kappa shape index (κ2) is 9.65. The SMILES string of the molecule is COc1ccc(S(=O)(=O)/C=C/c2cnc(N3CCOCC3)nc2NC2CCCC2)cc1. The zero-order valence-electron chi connectivity index (χ0n) is 17.7. The van der Waals surface area contributed by atoms with E-state index in [0.29, 0.717) is 42.3 Å². The Hall–Kier alpha value is -2.65. The van der Waals surface area contributed by atoms with Crippen LogP contribution in [0.15, 0.2) is 40.8 Å². The minimum atomic E-state index is -3.60. The summed E-state index contributed by atoms with van der Waals surface area (Å²) in [5.41, 5.74) is 0.654. The molecule has 1 saturated carbocycles. The predicted octanol–water partition coefficient (Wildman–Crippen LogP) is 3.12. The van der Waals surface area contributed by atoms with Crippen LogP contribution in [-0.2, 0) is 14.6 Å². The van der Waals surface area contributed by atoms with Crippen molar-refractivity contribution >= 4 is 27.7 Å². The van der Waals surface area contributed by atoms with Crippen molar-refractivity contribution in [3.8, 4) is 5.75 Å². The van der Waals surface area contributed by atoms with Crippen LogP contribution in [0.3, 0.4) is 0 Å². The van der Waals surface area contributed by atoms with E-state index < -0.39 is 9.84 Å². The van der Waals surface area contributed by atoms with Gasteiger partial charge in [-0.25, -0.2) is 13.4 Å². The molecular formula is C22H28N4O4S. The van der Waals surface area contributed by atoms with Crippen LogP contribution in [0, 0.1) is 0 Å². The number of hydrogen-bond acceptors (Lipinski definition) is 8. The van der Waals surface area contributed by atoms with E-state index in [1.165, 1.54) is 30.4 Å². The Morgan fingerprint density at radius 2 is 1.87 bits per heavy atom. The predicted molar refractivity (Wildman–Crippen MR) is 120 cm³/mol. The second-order valence-electron chi connectivity index (χ2n) is 7.72. The molecule has 1 aliphatic heterocycles. The van der Waals surface area contributed by atoms with Gasteiger partial charge < -0.3 is 19.7 Å². The van der Waals surface area contributed by atoms with Gasteiger partial charge in [0.25, 0.3) is 0 Å². The fourth-order valence-electron chi connectivity index (χ4n) is 3.81. The molecule has 4 rings (SSSR count). The Labute approximate surface area is 183 Å². The van der Waals surface area contributed by atoms with E-state index >= 15 is 0 Å². The summed E-state index contributed by atoms with van der Waals surface area (Å²) in [5.74, 6) is 1.92. The molecule has 2 aromatic rings. The highest BCUT2D eigenvalue weighted by molar-refractivity contribution is 7.94. The van der Waals surface area contributed by atoms with Crippen molar-refractivity contribution in [3.63, 3.8) is 0 Å². The molecule has 2 heterocycles. The fraction of sp³-hybridized carbons (Fsp3) is 0.455. The minimum absolute atomic E-state index is 0.209. The first-order valence-electron chi connectivity index (χ1n) is 10.6. The third-order valence-corrected chi connectivity index (χ3v) is 7.03. The van der Waals surface area contributed by atoms with Gasteiger partial charge in [-0.2, -0.15) is 4.98 Å². The molecule has 31 heavy (non-hydrogen) atoms. The molecule has 0 unspecified atom stereocenters. The number of nitrogens with zero attached hydrogens (tertiary/aromatic N) is 3. The van der Waals surface area contributed by atoms with Gasteiger partial charge in [0, 0.05) is 36.3 Å². The Kier molecular flexibility index (Phi) is 6.72. The first kappa shape index (κ1) is 21.6. The van der Waals surface area contributed by atoms with Gasteiger partial charge in [0.2, 0.25) is 5.95 Å². The molecular weight excluding hydrogens is 416 g/mol. The number of aromatic nitrogens is 2. The second-order valence-corrected chi connectivity index (χ2v) is 9.56. The smallest absolute Gasteiger partial charge is 0.227 e. The number of hydrogen-bond donors (Lipinski definition) is 1. The van der Waals surface area contributed by atoms with Gasteiger partial charge >= 0.3 is 0 Å². The summed E-state index contributed by atoms with van der Waals surface area (Å²) in [7, 11) is -2.06. The lowest BCUT2D eigenvalue weighted by molar-refractivity contribution is 0.122. The quantitative estimate of drug-likeness (QED) is 0.696. The van der Waals surface area contributed by atoms with Crippen LogP contribution in [0.5, 0.6) is 5.75 Å². The zero-order chi connectivity index (χ0) is 21.7. The monoisotopic (exact) mass is 444 g/mol. The van der Waals surface area contributed by atoms with Crippen molar-refractivity contribution in [2.75, 3.05) is 43.6 Å². The number of nitrogens with one attached hydrogen (secondary N) is 1. The number of benzene rings is 1. The van der Waals surface area contributed by atoms with Crippen molar-refractivity contribution in [2.45, 2.75) is 36.6 Å². The Balaban J connectivity index is 1.60. The molecule has 8 nitrogen and oxygen atoms in total. The van der Waals surface area contributed by atoms with Gasteiger partial charge in [0.05, 0.1) is 25.2 Å². The molecule has 9 heteroatoms. The Morgan fingerprint density at radius 1 is 1.16 bits per heavy atom. The Bertz CT molecular complexity index is 1010. The maximum Gasteiger partial charge on any atom is 0.227 e. The maximum atomic E-state index is 12.8. The van der Waals surface area contributed by atoms with Crippen molar-refractivity contribution in [1.29, 1.82) is 0 Å². The van der Waals surface area contributed by atoms with E-state index in [1.807, 2.05) is 0 Å². The van der Waals surface area contributed by atoms with E-state index in [2.05, 4.69) is 15.2 Å². The molecule has 0 radical (unpaired) electrons. The Morgan fingerprint density at radius 3 is 2.55 bits per heavy atom. The number of methoxy groups -OCH3 is 1. The van der Waals surface area contributed by atoms with Crippen LogP contribution in [0.1, 0.15) is 31.2 Å². The highest BCUT2D eigenvalue weighted by Crippen LogP contribution is 2.26. The molecule has 1 aliphatic carbocycles. The summed E-state index contributed by atoms with van der Waals surface area (Å²) < 4.78 is 36.0. The molecule has 0 spiro atoms. The normalized spacial score (nSPS) is 17.9. The van der Waals surface area contributed by atoms with Crippen LogP contribution < -0.4 is 15.0 Å². The molecule has 0 amide bonds. The van der Waals surface area contributed by atoms with Crippen LogP contribution in [0.2, 0.25) is 0 Å². The topological polar surface area (TPSA) is 93.7 Å².